The first-order valence-corrected chi connectivity index (χ1v) is 11.7. The highest BCUT2D eigenvalue weighted by atomic mass is 35.5. The summed E-state index contributed by atoms with van der Waals surface area (Å²) in [5.41, 5.74) is 2.48. The van der Waals surface area contributed by atoms with Crippen LogP contribution in [0, 0.1) is 0 Å². The molecule has 182 valence electrons. The third kappa shape index (κ3) is 5.18. The van der Waals surface area contributed by atoms with Crippen molar-refractivity contribution in [2.75, 3.05) is 7.11 Å². The minimum Gasteiger partial charge on any atom is -0.480 e. The molecule has 2 aromatic carbocycles. The van der Waals surface area contributed by atoms with Gasteiger partial charge in [0.15, 0.2) is 0 Å². The largest absolute Gasteiger partial charge is 0.480 e. The topological polar surface area (TPSA) is 111 Å². The molecule has 3 aromatic rings. The quantitative estimate of drug-likeness (QED) is 0.467. The fourth-order valence-electron chi connectivity index (χ4n) is 3.99. The molecule has 1 saturated carbocycles. The van der Waals surface area contributed by atoms with Gasteiger partial charge in [0, 0.05) is 19.0 Å². The number of aromatic nitrogens is 2. The Kier molecular flexibility index (Phi) is 7.14. The lowest BCUT2D eigenvalue weighted by Gasteiger charge is -2.17. The van der Waals surface area contributed by atoms with Gasteiger partial charge in [0.05, 0.1) is 28.3 Å². The van der Waals surface area contributed by atoms with Gasteiger partial charge in [-0.3, -0.25) is 9.59 Å². The van der Waals surface area contributed by atoms with Gasteiger partial charge in [0.25, 0.3) is 11.5 Å². The van der Waals surface area contributed by atoms with Gasteiger partial charge in [0.2, 0.25) is 5.88 Å². The second kappa shape index (κ2) is 10.1. The number of halogens is 2. The van der Waals surface area contributed by atoms with E-state index in [1.165, 1.54) is 23.9 Å². The summed E-state index contributed by atoms with van der Waals surface area (Å²) in [4.78, 5) is 37.5. The van der Waals surface area contributed by atoms with Crippen LogP contribution in [0.25, 0.3) is 11.1 Å². The summed E-state index contributed by atoms with van der Waals surface area (Å²) < 4.78 is 6.70. The van der Waals surface area contributed by atoms with E-state index in [0.717, 1.165) is 18.4 Å². The summed E-state index contributed by atoms with van der Waals surface area (Å²) in [5, 5.41) is 16.7. The van der Waals surface area contributed by atoms with Crippen molar-refractivity contribution in [2.24, 2.45) is 7.05 Å². The van der Waals surface area contributed by atoms with E-state index in [0.29, 0.717) is 22.6 Å². The van der Waals surface area contributed by atoms with Gasteiger partial charge in [-0.1, -0.05) is 53.5 Å². The number of carbonyl (C=O) groups is 2. The fraction of sp³-hybridized carbons (Fsp3) is 0.280. The van der Waals surface area contributed by atoms with E-state index >= 15 is 0 Å². The van der Waals surface area contributed by atoms with Crippen molar-refractivity contribution in [1.82, 2.24) is 15.1 Å². The monoisotopic (exact) mass is 515 g/mol. The minimum absolute atomic E-state index is 0.0208. The maximum absolute atomic E-state index is 13.0. The van der Waals surface area contributed by atoms with Crippen LogP contribution in [0.15, 0.2) is 47.3 Å². The van der Waals surface area contributed by atoms with Gasteiger partial charge in [-0.05, 0) is 42.0 Å². The number of ether oxygens (including phenoxy) is 1. The summed E-state index contributed by atoms with van der Waals surface area (Å²) in [6.45, 7) is 0. The molecule has 1 heterocycles. The Labute approximate surface area is 211 Å². The van der Waals surface area contributed by atoms with Gasteiger partial charge in [-0.2, -0.15) is 0 Å². The smallest absolute Gasteiger partial charge is 0.326 e. The zero-order valence-corrected chi connectivity index (χ0v) is 20.6. The average Bonchev–Trinajstić information content (AvgIpc) is 3.65. The molecule has 1 unspecified atom stereocenters. The third-order valence-corrected chi connectivity index (χ3v) is 6.53. The molecule has 4 rings (SSSR count). The number of carbonyl (C=O) groups excluding carboxylic acids is 1. The molecular weight excluding hydrogens is 493 g/mol. The summed E-state index contributed by atoms with van der Waals surface area (Å²) in [7, 11) is 3.10. The van der Waals surface area contributed by atoms with Crippen molar-refractivity contribution in [2.45, 2.75) is 31.2 Å². The van der Waals surface area contributed by atoms with Crippen LogP contribution in [-0.4, -0.2) is 39.9 Å². The Bertz CT molecular complexity index is 1330. The van der Waals surface area contributed by atoms with E-state index in [1.54, 1.807) is 37.4 Å². The van der Waals surface area contributed by atoms with Crippen LogP contribution in [0.1, 0.15) is 40.2 Å². The van der Waals surface area contributed by atoms with E-state index in [9.17, 15) is 19.5 Å². The van der Waals surface area contributed by atoms with Crippen LogP contribution >= 0.6 is 23.2 Å². The van der Waals surface area contributed by atoms with Gasteiger partial charge < -0.3 is 15.2 Å². The number of benzene rings is 2. The highest BCUT2D eigenvalue weighted by Gasteiger charge is 2.33. The fourth-order valence-corrected chi connectivity index (χ4v) is 4.56. The number of amides is 1. The summed E-state index contributed by atoms with van der Waals surface area (Å²) in [6.07, 6.45) is 1.95. The molecule has 1 amide bonds. The van der Waals surface area contributed by atoms with Crippen LogP contribution < -0.4 is 15.6 Å². The highest BCUT2D eigenvalue weighted by molar-refractivity contribution is 6.39. The molecule has 0 bridgehead atoms. The molecular formula is C25H23Cl2N3O5. The van der Waals surface area contributed by atoms with E-state index in [-0.39, 0.29) is 33.5 Å². The van der Waals surface area contributed by atoms with E-state index in [4.69, 9.17) is 27.9 Å². The normalized spacial score (nSPS) is 13.8. The maximum Gasteiger partial charge on any atom is 0.326 e. The number of aliphatic carboxylic acids is 1. The lowest BCUT2D eigenvalue weighted by atomic mass is 9.96. The maximum atomic E-state index is 13.0. The van der Waals surface area contributed by atoms with E-state index in [2.05, 4.69) is 10.4 Å². The van der Waals surface area contributed by atoms with Gasteiger partial charge in [-0.25, -0.2) is 9.48 Å². The lowest BCUT2D eigenvalue weighted by Crippen LogP contribution is -2.42. The molecule has 8 nitrogen and oxygen atoms in total. The number of hydrogen-bond acceptors (Lipinski definition) is 5. The zero-order chi connectivity index (χ0) is 25.3. The van der Waals surface area contributed by atoms with Gasteiger partial charge in [0.1, 0.15) is 6.04 Å². The van der Waals surface area contributed by atoms with Crippen LogP contribution in [0.5, 0.6) is 5.88 Å². The molecule has 10 heteroatoms. The first-order chi connectivity index (χ1) is 16.7. The molecule has 1 fully saturated rings. The number of nitrogens with zero attached hydrogens (tertiary/aromatic N) is 2. The summed E-state index contributed by atoms with van der Waals surface area (Å²) >= 11 is 12.1. The number of carboxylic acid groups (broad SMARTS) is 1. The van der Waals surface area contributed by atoms with Gasteiger partial charge >= 0.3 is 5.97 Å². The second-order valence-corrected chi connectivity index (χ2v) is 9.18. The lowest BCUT2D eigenvalue weighted by molar-refractivity contribution is -0.139. The molecule has 1 atom stereocenters. The van der Waals surface area contributed by atoms with Crippen LogP contribution in [-0.2, 0) is 18.3 Å². The van der Waals surface area contributed by atoms with E-state index in [1.807, 2.05) is 0 Å². The van der Waals surface area contributed by atoms with Crippen molar-refractivity contribution in [3.63, 3.8) is 0 Å². The molecule has 0 aliphatic heterocycles. The van der Waals surface area contributed by atoms with Crippen LogP contribution in [0.4, 0.5) is 0 Å². The molecule has 0 saturated heterocycles. The number of carboxylic acids is 1. The van der Waals surface area contributed by atoms with Crippen molar-refractivity contribution < 1.29 is 19.4 Å². The minimum atomic E-state index is -1.21. The Balaban J connectivity index is 1.59. The highest BCUT2D eigenvalue weighted by Crippen LogP contribution is 2.46. The van der Waals surface area contributed by atoms with Crippen molar-refractivity contribution >= 4 is 35.1 Å². The number of methoxy groups -OCH3 is 1. The Morgan fingerprint density at radius 3 is 2.34 bits per heavy atom. The number of aryl methyl sites for hydroxylation is 1. The Hall–Kier alpha value is -3.36. The van der Waals surface area contributed by atoms with Gasteiger partial charge in [-0.15, -0.1) is 5.10 Å². The molecule has 35 heavy (non-hydrogen) atoms. The predicted octanol–water partition coefficient (Wildman–Crippen LogP) is 4.07. The van der Waals surface area contributed by atoms with Crippen molar-refractivity contribution in [1.29, 1.82) is 0 Å². The molecule has 1 aliphatic rings. The average molecular weight is 516 g/mol. The first-order valence-electron chi connectivity index (χ1n) is 10.9. The number of nitrogens with one attached hydrogen (secondary N) is 1. The van der Waals surface area contributed by atoms with Crippen molar-refractivity contribution in [3.05, 3.63) is 79.6 Å². The molecule has 2 N–H and O–H groups in total. The van der Waals surface area contributed by atoms with E-state index < -0.39 is 17.9 Å². The SMILES string of the molecule is COc1nn(C)c(=O)c(-c2ccc(CC(NC(=O)c3c(Cl)cccc3Cl)C(=O)O)cc2)c1C1CC1. The zero-order valence-electron chi connectivity index (χ0n) is 19.0. The second-order valence-electron chi connectivity index (χ2n) is 8.36. The molecule has 1 aromatic heterocycles. The van der Waals surface area contributed by atoms with Crippen LogP contribution in [0.3, 0.4) is 0 Å². The number of rotatable bonds is 8. The first kappa shape index (κ1) is 24.8. The Morgan fingerprint density at radius 1 is 1.17 bits per heavy atom. The van der Waals surface area contributed by atoms with Crippen molar-refractivity contribution in [3.8, 4) is 17.0 Å². The number of hydrogen-bond donors (Lipinski definition) is 2. The van der Waals surface area contributed by atoms with Crippen LogP contribution in [0.2, 0.25) is 10.0 Å². The predicted molar refractivity (Wildman–Crippen MR) is 132 cm³/mol. The third-order valence-electron chi connectivity index (χ3n) is 5.90. The molecule has 1 aliphatic carbocycles. The molecule has 0 radical (unpaired) electrons. The standard InChI is InChI=1S/C25H23Cl2N3O5/c1-30-24(32)20(19(14-10-11-14)23(29-30)35-2)15-8-6-13(7-9-15)12-18(25(33)34)28-22(31)21-16(26)4-3-5-17(21)27/h3-9,14,18H,10-12H2,1-2H3,(H,28,31)(H,33,34). The summed E-state index contributed by atoms with van der Waals surface area (Å²) in [6, 6.07) is 10.4. The molecule has 0 spiro atoms. The Morgan fingerprint density at radius 2 is 1.80 bits per heavy atom. The summed E-state index contributed by atoms with van der Waals surface area (Å²) in [5.74, 6) is -1.22.